The zero-order chi connectivity index (χ0) is 26.6. The number of piperazine rings is 1. The van der Waals surface area contributed by atoms with Crippen LogP contribution in [0.1, 0.15) is 27.8 Å². The Labute approximate surface area is 219 Å². The van der Waals surface area contributed by atoms with Crippen molar-refractivity contribution in [1.82, 2.24) is 15.2 Å². The molecule has 1 aliphatic heterocycles. The van der Waals surface area contributed by atoms with Crippen LogP contribution in [0.15, 0.2) is 72.8 Å². The van der Waals surface area contributed by atoms with Crippen LogP contribution in [0.3, 0.4) is 0 Å². The van der Waals surface area contributed by atoms with Crippen molar-refractivity contribution in [1.29, 1.82) is 0 Å². The van der Waals surface area contributed by atoms with Gasteiger partial charge in [0.05, 0.1) is 12.2 Å². The number of likely N-dealkylation sites (N-methyl/N-ethyl adjacent to an activating group) is 1. The standard InChI is InChI=1S/C30H36N4O3/c1-22-5-11-25(12-6-22)30(37,26-13-7-23(2)8-14-26)29(36)31-34(27-15-9-24(3)10-16-27)28(35)21-33-19-17-32(4)18-20-33/h5-16,37H,17-21H2,1-4H3,(H,31,36). The van der Waals surface area contributed by atoms with Gasteiger partial charge in [-0.1, -0.05) is 77.4 Å². The monoisotopic (exact) mass is 500 g/mol. The first-order valence-corrected chi connectivity index (χ1v) is 12.6. The Morgan fingerprint density at radius 1 is 0.784 bits per heavy atom. The lowest BCUT2D eigenvalue weighted by Crippen LogP contribution is -2.57. The Kier molecular flexibility index (Phi) is 8.07. The van der Waals surface area contributed by atoms with Gasteiger partial charge in [-0.3, -0.25) is 19.9 Å². The summed E-state index contributed by atoms with van der Waals surface area (Å²) >= 11 is 0. The Balaban J connectivity index is 1.68. The van der Waals surface area contributed by atoms with Gasteiger partial charge in [0.2, 0.25) is 0 Å². The van der Waals surface area contributed by atoms with Crippen molar-refractivity contribution in [3.05, 3.63) is 101 Å². The van der Waals surface area contributed by atoms with Crippen molar-refractivity contribution in [3.8, 4) is 0 Å². The molecule has 1 aliphatic rings. The van der Waals surface area contributed by atoms with Crippen molar-refractivity contribution in [2.24, 2.45) is 0 Å². The molecule has 2 N–H and O–H groups in total. The number of rotatable bonds is 6. The molecule has 3 aromatic rings. The van der Waals surface area contributed by atoms with Crippen molar-refractivity contribution >= 4 is 17.5 Å². The number of benzene rings is 3. The highest BCUT2D eigenvalue weighted by Crippen LogP contribution is 2.31. The molecule has 1 heterocycles. The molecular formula is C30H36N4O3. The maximum Gasteiger partial charge on any atom is 0.280 e. The van der Waals surface area contributed by atoms with E-state index in [-0.39, 0.29) is 12.5 Å². The third-order valence-corrected chi connectivity index (χ3v) is 6.98. The van der Waals surface area contributed by atoms with Crippen LogP contribution in [-0.4, -0.2) is 66.5 Å². The van der Waals surface area contributed by atoms with Crippen LogP contribution >= 0.6 is 0 Å². The van der Waals surface area contributed by atoms with E-state index in [4.69, 9.17) is 0 Å². The molecule has 0 saturated carbocycles. The van der Waals surface area contributed by atoms with E-state index in [1.165, 1.54) is 5.01 Å². The maximum absolute atomic E-state index is 14.0. The van der Waals surface area contributed by atoms with Crippen molar-refractivity contribution in [3.63, 3.8) is 0 Å². The minimum absolute atomic E-state index is 0.162. The third kappa shape index (κ3) is 6.07. The van der Waals surface area contributed by atoms with Crippen LogP contribution in [0.5, 0.6) is 0 Å². The molecule has 1 saturated heterocycles. The minimum Gasteiger partial charge on any atom is -0.372 e. The normalized spacial score (nSPS) is 14.8. The fourth-order valence-electron chi connectivity index (χ4n) is 4.43. The lowest BCUT2D eigenvalue weighted by molar-refractivity contribution is -0.138. The summed E-state index contributed by atoms with van der Waals surface area (Å²) in [7, 11) is 2.06. The number of hydrogen-bond acceptors (Lipinski definition) is 5. The fraction of sp³-hybridized carbons (Fsp3) is 0.333. The number of hydrazine groups is 1. The summed E-state index contributed by atoms with van der Waals surface area (Å²) in [6.45, 7) is 9.33. The predicted molar refractivity (Wildman–Crippen MR) is 146 cm³/mol. The van der Waals surface area contributed by atoms with Gasteiger partial charge in [0.25, 0.3) is 11.8 Å². The first-order chi connectivity index (χ1) is 17.7. The molecule has 4 rings (SSSR count). The Morgan fingerprint density at radius 3 is 1.68 bits per heavy atom. The van der Waals surface area contributed by atoms with Gasteiger partial charge in [-0.15, -0.1) is 0 Å². The summed E-state index contributed by atoms with van der Waals surface area (Å²) in [4.78, 5) is 31.8. The summed E-state index contributed by atoms with van der Waals surface area (Å²) < 4.78 is 0. The zero-order valence-corrected chi connectivity index (χ0v) is 22.1. The van der Waals surface area contributed by atoms with E-state index >= 15 is 0 Å². The molecule has 3 aromatic carbocycles. The van der Waals surface area contributed by atoms with Crippen molar-refractivity contribution in [2.45, 2.75) is 26.4 Å². The number of anilines is 1. The first-order valence-electron chi connectivity index (χ1n) is 12.6. The Morgan fingerprint density at radius 2 is 1.22 bits per heavy atom. The molecule has 2 amide bonds. The second-order valence-electron chi connectivity index (χ2n) is 10.0. The van der Waals surface area contributed by atoms with Gasteiger partial charge >= 0.3 is 0 Å². The van der Waals surface area contributed by atoms with E-state index < -0.39 is 11.5 Å². The molecule has 0 atom stereocenters. The van der Waals surface area contributed by atoms with E-state index in [0.717, 1.165) is 42.9 Å². The molecule has 1 fully saturated rings. The molecular weight excluding hydrogens is 464 g/mol. The summed E-state index contributed by atoms with van der Waals surface area (Å²) in [5.74, 6) is -0.968. The molecule has 0 aromatic heterocycles. The molecule has 7 heteroatoms. The number of carbonyl (C=O) groups excluding carboxylic acids is 2. The molecule has 0 radical (unpaired) electrons. The highest BCUT2D eigenvalue weighted by Gasteiger charge is 2.41. The fourth-order valence-corrected chi connectivity index (χ4v) is 4.43. The SMILES string of the molecule is Cc1ccc(N(NC(=O)C(O)(c2ccc(C)cc2)c2ccc(C)cc2)C(=O)CN2CCN(C)CC2)cc1. The molecule has 37 heavy (non-hydrogen) atoms. The van der Waals surface area contributed by atoms with Crippen molar-refractivity contribution in [2.75, 3.05) is 44.8 Å². The average molecular weight is 501 g/mol. The smallest absolute Gasteiger partial charge is 0.280 e. The first kappa shape index (κ1) is 26.5. The van der Waals surface area contributed by atoms with Gasteiger partial charge in [-0.05, 0) is 51.1 Å². The molecule has 0 spiro atoms. The van der Waals surface area contributed by atoms with E-state index in [9.17, 15) is 14.7 Å². The zero-order valence-electron chi connectivity index (χ0n) is 22.1. The van der Waals surface area contributed by atoms with Crippen LogP contribution in [0, 0.1) is 20.8 Å². The van der Waals surface area contributed by atoms with Gasteiger partial charge in [0.1, 0.15) is 0 Å². The van der Waals surface area contributed by atoms with Gasteiger partial charge < -0.3 is 10.0 Å². The predicted octanol–water partition coefficient (Wildman–Crippen LogP) is 3.16. The van der Waals surface area contributed by atoms with E-state index in [1.54, 1.807) is 36.4 Å². The molecule has 7 nitrogen and oxygen atoms in total. The summed E-state index contributed by atoms with van der Waals surface area (Å²) in [6, 6.07) is 21.8. The highest BCUT2D eigenvalue weighted by molar-refractivity contribution is 6.00. The largest absolute Gasteiger partial charge is 0.372 e. The lowest BCUT2D eigenvalue weighted by Gasteiger charge is -2.35. The summed E-state index contributed by atoms with van der Waals surface area (Å²) in [6.07, 6.45) is 0. The van der Waals surface area contributed by atoms with Crippen LogP contribution in [-0.2, 0) is 15.2 Å². The number of hydrogen-bond donors (Lipinski definition) is 2. The number of carbonyl (C=O) groups is 2. The topological polar surface area (TPSA) is 76.1 Å². The van der Waals surface area contributed by atoms with E-state index in [0.29, 0.717) is 16.8 Å². The number of nitrogens with zero attached hydrogens (tertiary/aromatic N) is 3. The van der Waals surface area contributed by atoms with Crippen LogP contribution < -0.4 is 10.4 Å². The molecule has 0 bridgehead atoms. The van der Waals surface area contributed by atoms with E-state index in [2.05, 4.69) is 22.3 Å². The quantitative estimate of drug-likeness (QED) is 0.509. The van der Waals surface area contributed by atoms with Crippen LogP contribution in [0.4, 0.5) is 5.69 Å². The van der Waals surface area contributed by atoms with Gasteiger partial charge in [-0.2, -0.15) is 0 Å². The summed E-state index contributed by atoms with van der Waals surface area (Å²) in [5, 5.41) is 13.3. The van der Waals surface area contributed by atoms with Gasteiger partial charge in [0, 0.05) is 26.2 Å². The number of aryl methyl sites for hydroxylation is 3. The minimum atomic E-state index is -2.00. The molecule has 0 aliphatic carbocycles. The molecule has 194 valence electrons. The van der Waals surface area contributed by atoms with Crippen molar-refractivity contribution < 1.29 is 14.7 Å². The number of amides is 2. The van der Waals surface area contributed by atoms with Crippen LogP contribution in [0.2, 0.25) is 0 Å². The molecule has 0 unspecified atom stereocenters. The van der Waals surface area contributed by atoms with Crippen LogP contribution in [0.25, 0.3) is 0 Å². The van der Waals surface area contributed by atoms with E-state index in [1.807, 2.05) is 57.2 Å². The highest BCUT2D eigenvalue weighted by atomic mass is 16.3. The average Bonchev–Trinajstić information content (AvgIpc) is 2.89. The Bertz CT molecular complexity index is 1170. The lowest BCUT2D eigenvalue weighted by atomic mass is 9.85. The second-order valence-corrected chi connectivity index (χ2v) is 10.0. The maximum atomic E-state index is 14.0. The van der Waals surface area contributed by atoms with Gasteiger partial charge in [0.15, 0.2) is 5.60 Å². The second kappa shape index (κ2) is 11.3. The number of nitrogens with one attached hydrogen (secondary N) is 1. The van der Waals surface area contributed by atoms with Gasteiger partial charge in [-0.25, -0.2) is 5.01 Å². The third-order valence-electron chi connectivity index (χ3n) is 6.98. The summed E-state index contributed by atoms with van der Waals surface area (Å²) in [5.41, 5.74) is 5.23. The Hall–Kier alpha value is -3.52. The number of aliphatic hydroxyl groups is 1.